The standard InChI is InChI=1S/C16H15N3O2/c1-2-11-4-3-5-12-6-7-19(15(11)12)9-14-13(16(20)21)8-17-10-18-14/h3-8,10H,2,9H2,1H3,(H,20,21). The van der Waals surface area contributed by atoms with Crippen LogP contribution in [0.4, 0.5) is 0 Å². The first kappa shape index (κ1) is 13.3. The maximum absolute atomic E-state index is 11.2. The molecule has 1 N–H and O–H groups in total. The van der Waals surface area contributed by atoms with Crippen LogP contribution in [0.15, 0.2) is 43.0 Å². The molecule has 0 bridgehead atoms. The Bertz CT molecular complexity index is 808. The second kappa shape index (κ2) is 5.36. The van der Waals surface area contributed by atoms with Gasteiger partial charge in [-0.1, -0.05) is 25.1 Å². The van der Waals surface area contributed by atoms with Crippen molar-refractivity contribution in [3.05, 3.63) is 59.8 Å². The SMILES string of the molecule is CCc1cccc2ccn(Cc3ncncc3C(=O)O)c12. The van der Waals surface area contributed by atoms with Gasteiger partial charge in [-0.25, -0.2) is 14.8 Å². The molecule has 0 saturated carbocycles. The number of benzene rings is 1. The van der Waals surface area contributed by atoms with E-state index in [1.54, 1.807) is 0 Å². The van der Waals surface area contributed by atoms with Crippen molar-refractivity contribution in [3.63, 3.8) is 0 Å². The number of hydrogen-bond donors (Lipinski definition) is 1. The number of hydrogen-bond acceptors (Lipinski definition) is 3. The minimum absolute atomic E-state index is 0.147. The van der Waals surface area contributed by atoms with Gasteiger partial charge in [0.2, 0.25) is 0 Å². The second-order valence-electron chi connectivity index (χ2n) is 4.84. The Morgan fingerprint density at radius 3 is 2.95 bits per heavy atom. The van der Waals surface area contributed by atoms with Crippen molar-refractivity contribution < 1.29 is 9.90 Å². The third kappa shape index (κ3) is 2.38. The van der Waals surface area contributed by atoms with Crippen molar-refractivity contribution >= 4 is 16.9 Å². The molecular formula is C16H15N3O2. The fourth-order valence-corrected chi connectivity index (χ4v) is 2.58. The van der Waals surface area contributed by atoms with Crippen molar-refractivity contribution in [2.45, 2.75) is 19.9 Å². The number of carboxylic acid groups (broad SMARTS) is 1. The zero-order valence-corrected chi connectivity index (χ0v) is 11.7. The van der Waals surface area contributed by atoms with Crippen LogP contribution in [0, 0.1) is 0 Å². The Morgan fingerprint density at radius 1 is 1.33 bits per heavy atom. The molecule has 2 aromatic heterocycles. The zero-order valence-electron chi connectivity index (χ0n) is 11.7. The molecule has 0 amide bonds. The minimum atomic E-state index is -1.00. The summed E-state index contributed by atoms with van der Waals surface area (Å²) in [6, 6.07) is 8.23. The van der Waals surface area contributed by atoms with Gasteiger partial charge in [-0.15, -0.1) is 0 Å². The highest BCUT2D eigenvalue weighted by molar-refractivity contribution is 5.88. The van der Waals surface area contributed by atoms with Gasteiger partial charge < -0.3 is 9.67 Å². The average molecular weight is 281 g/mol. The molecule has 3 aromatic rings. The molecule has 0 aliphatic carbocycles. The number of rotatable bonds is 4. The average Bonchev–Trinajstić information content (AvgIpc) is 2.91. The normalized spacial score (nSPS) is 10.9. The van der Waals surface area contributed by atoms with Gasteiger partial charge in [-0.05, 0) is 23.4 Å². The molecule has 21 heavy (non-hydrogen) atoms. The molecule has 3 rings (SSSR count). The van der Waals surface area contributed by atoms with Crippen molar-refractivity contribution in [2.24, 2.45) is 0 Å². The van der Waals surface area contributed by atoms with E-state index in [1.807, 2.05) is 22.9 Å². The third-order valence-electron chi connectivity index (χ3n) is 3.60. The molecule has 5 heteroatoms. The maximum atomic E-state index is 11.2. The summed E-state index contributed by atoms with van der Waals surface area (Å²) in [5.74, 6) is -1.00. The lowest BCUT2D eigenvalue weighted by Gasteiger charge is -2.10. The fourth-order valence-electron chi connectivity index (χ4n) is 2.58. The predicted molar refractivity (Wildman–Crippen MR) is 79.4 cm³/mol. The van der Waals surface area contributed by atoms with Crippen molar-refractivity contribution in [1.29, 1.82) is 0 Å². The first-order valence-corrected chi connectivity index (χ1v) is 6.79. The summed E-state index contributed by atoms with van der Waals surface area (Å²) in [6.07, 6.45) is 5.62. The number of aryl methyl sites for hydroxylation is 1. The molecule has 2 heterocycles. The van der Waals surface area contributed by atoms with Gasteiger partial charge >= 0.3 is 5.97 Å². The van der Waals surface area contributed by atoms with E-state index in [0.717, 1.165) is 17.3 Å². The Kier molecular flexibility index (Phi) is 3.39. The number of nitrogens with zero attached hydrogens (tertiary/aromatic N) is 3. The number of aromatic nitrogens is 3. The highest BCUT2D eigenvalue weighted by Crippen LogP contribution is 2.22. The van der Waals surface area contributed by atoms with Crippen LogP contribution >= 0.6 is 0 Å². The number of aromatic carboxylic acids is 1. The van der Waals surface area contributed by atoms with Crippen LogP contribution in [0.3, 0.4) is 0 Å². The summed E-state index contributed by atoms with van der Waals surface area (Å²) in [7, 11) is 0. The fraction of sp³-hybridized carbons (Fsp3) is 0.188. The molecule has 0 fully saturated rings. The largest absolute Gasteiger partial charge is 0.478 e. The van der Waals surface area contributed by atoms with Gasteiger partial charge in [0.05, 0.1) is 17.8 Å². The predicted octanol–water partition coefficient (Wildman–Crippen LogP) is 2.74. The third-order valence-corrected chi connectivity index (χ3v) is 3.60. The molecular weight excluding hydrogens is 266 g/mol. The van der Waals surface area contributed by atoms with Crippen LogP contribution in [0.1, 0.15) is 28.5 Å². The van der Waals surface area contributed by atoms with E-state index in [4.69, 9.17) is 0 Å². The van der Waals surface area contributed by atoms with Crippen LogP contribution in [0.25, 0.3) is 10.9 Å². The van der Waals surface area contributed by atoms with Gasteiger partial charge in [-0.3, -0.25) is 0 Å². The Labute approximate surface area is 121 Å². The summed E-state index contributed by atoms with van der Waals surface area (Å²) in [6.45, 7) is 2.53. The molecule has 1 aromatic carbocycles. The van der Waals surface area contributed by atoms with E-state index in [1.165, 1.54) is 18.1 Å². The van der Waals surface area contributed by atoms with E-state index in [9.17, 15) is 9.90 Å². The molecule has 0 aliphatic heterocycles. The lowest BCUT2D eigenvalue weighted by molar-refractivity contribution is 0.0694. The molecule has 0 radical (unpaired) electrons. The van der Waals surface area contributed by atoms with E-state index < -0.39 is 5.97 Å². The number of para-hydroxylation sites is 1. The highest BCUT2D eigenvalue weighted by Gasteiger charge is 2.13. The van der Waals surface area contributed by atoms with Crippen LogP contribution in [-0.4, -0.2) is 25.6 Å². The quantitative estimate of drug-likeness (QED) is 0.798. The maximum Gasteiger partial charge on any atom is 0.339 e. The highest BCUT2D eigenvalue weighted by atomic mass is 16.4. The van der Waals surface area contributed by atoms with E-state index in [0.29, 0.717) is 12.2 Å². The minimum Gasteiger partial charge on any atom is -0.478 e. The first-order chi connectivity index (χ1) is 10.2. The first-order valence-electron chi connectivity index (χ1n) is 6.79. The molecule has 0 saturated heterocycles. The molecule has 0 spiro atoms. The summed E-state index contributed by atoms with van der Waals surface area (Å²) in [4.78, 5) is 19.2. The van der Waals surface area contributed by atoms with Crippen molar-refractivity contribution in [1.82, 2.24) is 14.5 Å². The van der Waals surface area contributed by atoms with E-state index >= 15 is 0 Å². The number of carboxylic acids is 1. The van der Waals surface area contributed by atoms with Crippen LogP contribution in [0.5, 0.6) is 0 Å². The smallest absolute Gasteiger partial charge is 0.339 e. The van der Waals surface area contributed by atoms with Crippen LogP contribution < -0.4 is 0 Å². The van der Waals surface area contributed by atoms with Crippen LogP contribution in [-0.2, 0) is 13.0 Å². The Morgan fingerprint density at radius 2 is 2.19 bits per heavy atom. The summed E-state index contributed by atoms with van der Waals surface area (Å²) >= 11 is 0. The molecule has 106 valence electrons. The summed E-state index contributed by atoms with van der Waals surface area (Å²) in [5.41, 5.74) is 3.03. The van der Waals surface area contributed by atoms with Gasteiger partial charge in [0.1, 0.15) is 11.9 Å². The van der Waals surface area contributed by atoms with Gasteiger partial charge in [-0.2, -0.15) is 0 Å². The molecule has 0 atom stereocenters. The Balaban J connectivity index is 2.09. The second-order valence-corrected chi connectivity index (χ2v) is 4.84. The summed E-state index contributed by atoms with van der Waals surface area (Å²) in [5, 5.41) is 10.4. The topological polar surface area (TPSA) is 68.0 Å². The van der Waals surface area contributed by atoms with Crippen molar-refractivity contribution in [3.8, 4) is 0 Å². The van der Waals surface area contributed by atoms with E-state index in [2.05, 4.69) is 29.0 Å². The molecule has 0 unspecified atom stereocenters. The monoisotopic (exact) mass is 281 g/mol. The summed E-state index contributed by atoms with van der Waals surface area (Å²) < 4.78 is 2.04. The molecule has 0 aliphatic rings. The molecule has 5 nitrogen and oxygen atoms in total. The van der Waals surface area contributed by atoms with Gasteiger partial charge in [0.15, 0.2) is 0 Å². The number of carbonyl (C=O) groups is 1. The Hall–Kier alpha value is -2.69. The number of fused-ring (bicyclic) bond motifs is 1. The zero-order chi connectivity index (χ0) is 14.8. The lowest BCUT2D eigenvalue weighted by Crippen LogP contribution is -2.10. The lowest BCUT2D eigenvalue weighted by atomic mass is 10.1. The van der Waals surface area contributed by atoms with E-state index in [-0.39, 0.29) is 5.56 Å². The van der Waals surface area contributed by atoms with Gasteiger partial charge in [0.25, 0.3) is 0 Å². The van der Waals surface area contributed by atoms with Crippen LogP contribution in [0.2, 0.25) is 0 Å². The van der Waals surface area contributed by atoms with Crippen molar-refractivity contribution in [2.75, 3.05) is 0 Å². The van der Waals surface area contributed by atoms with Gasteiger partial charge in [0, 0.05) is 12.4 Å².